The molecule has 1 aliphatic rings. The van der Waals surface area contributed by atoms with Crippen LogP contribution in [0.5, 0.6) is 0 Å². The number of likely N-dealkylation sites (tertiary alicyclic amines) is 1. The molecule has 1 saturated heterocycles. The first-order chi connectivity index (χ1) is 10.9. The lowest BCUT2D eigenvalue weighted by atomic mass is 9.93. The van der Waals surface area contributed by atoms with Crippen molar-refractivity contribution in [2.24, 2.45) is 17.6 Å². The molecule has 2 unspecified atom stereocenters. The first-order valence-corrected chi connectivity index (χ1v) is 8.38. The summed E-state index contributed by atoms with van der Waals surface area (Å²) in [7, 11) is 0. The second-order valence-electron chi connectivity index (χ2n) is 6.03. The van der Waals surface area contributed by atoms with E-state index >= 15 is 0 Å². The molecule has 140 valence electrons. The number of hydrogen-bond acceptors (Lipinski definition) is 5. The van der Waals surface area contributed by atoms with E-state index in [0.717, 1.165) is 6.42 Å². The van der Waals surface area contributed by atoms with Gasteiger partial charge in [-0.1, -0.05) is 20.3 Å². The van der Waals surface area contributed by atoms with E-state index in [1.54, 1.807) is 11.8 Å². The zero-order chi connectivity index (χ0) is 17.4. The van der Waals surface area contributed by atoms with Crippen molar-refractivity contribution in [1.29, 1.82) is 0 Å². The Morgan fingerprint density at radius 3 is 2.33 bits per heavy atom. The van der Waals surface area contributed by atoms with Crippen LogP contribution < -0.4 is 11.1 Å². The average molecular weight is 364 g/mol. The van der Waals surface area contributed by atoms with Crippen LogP contribution in [0.3, 0.4) is 0 Å². The number of esters is 1. The Hall–Kier alpha value is -1.34. The van der Waals surface area contributed by atoms with Gasteiger partial charge in [-0.05, 0) is 25.7 Å². The van der Waals surface area contributed by atoms with Gasteiger partial charge in [0.2, 0.25) is 11.8 Å². The number of carbonyl (C=O) groups is 3. The number of halogens is 1. The Labute approximate surface area is 150 Å². The summed E-state index contributed by atoms with van der Waals surface area (Å²) >= 11 is 0. The highest BCUT2D eigenvalue weighted by Crippen LogP contribution is 2.19. The summed E-state index contributed by atoms with van der Waals surface area (Å²) in [5.41, 5.74) is 5.98. The molecule has 0 spiro atoms. The molecule has 2 amide bonds. The quantitative estimate of drug-likeness (QED) is 0.648. The highest BCUT2D eigenvalue weighted by Gasteiger charge is 2.31. The molecule has 24 heavy (non-hydrogen) atoms. The molecule has 3 N–H and O–H groups in total. The number of nitrogens with zero attached hydrogens (tertiary/aromatic N) is 1. The average Bonchev–Trinajstić information content (AvgIpc) is 2.58. The second-order valence-corrected chi connectivity index (χ2v) is 6.03. The van der Waals surface area contributed by atoms with Gasteiger partial charge in [-0.2, -0.15) is 0 Å². The van der Waals surface area contributed by atoms with Crippen LogP contribution in [0.1, 0.15) is 40.0 Å². The predicted molar refractivity (Wildman–Crippen MR) is 93.6 cm³/mol. The summed E-state index contributed by atoms with van der Waals surface area (Å²) in [6.07, 6.45) is 2.04. The molecule has 0 aliphatic carbocycles. The normalized spacial score (nSPS) is 17.4. The summed E-state index contributed by atoms with van der Waals surface area (Å²) in [6, 6.07) is -0.478. The van der Waals surface area contributed by atoms with Crippen LogP contribution in [0.25, 0.3) is 0 Å². The summed E-state index contributed by atoms with van der Waals surface area (Å²) < 4.78 is 4.77. The van der Waals surface area contributed by atoms with Crippen molar-refractivity contribution < 1.29 is 19.1 Å². The number of nitrogens with one attached hydrogen (secondary N) is 1. The van der Waals surface area contributed by atoms with E-state index in [4.69, 9.17) is 10.5 Å². The summed E-state index contributed by atoms with van der Waals surface area (Å²) in [5.74, 6) is -0.657. The van der Waals surface area contributed by atoms with Gasteiger partial charge in [-0.15, -0.1) is 12.4 Å². The molecule has 7 nitrogen and oxygen atoms in total. The van der Waals surface area contributed by atoms with E-state index in [1.165, 1.54) is 0 Å². The maximum Gasteiger partial charge on any atom is 0.325 e. The maximum atomic E-state index is 12.3. The van der Waals surface area contributed by atoms with E-state index in [-0.39, 0.29) is 42.6 Å². The Bertz CT molecular complexity index is 426. The monoisotopic (exact) mass is 363 g/mol. The Morgan fingerprint density at radius 1 is 1.25 bits per heavy atom. The lowest BCUT2D eigenvalue weighted by molar-refractivity contribution is -0.144. The minimum Gasteiger partial charge on any atom is -0.465 e. The minimum atomic E-state index is -0.478. The molecule has 2 atom stereocenters. The Kier molecular flexibility index (Phi) is 10.6. The fourth-order valence-electron chi connectivity index (χ4n) is 2.59. The van der Waals surface area contributed by atoms with E-state index < -0.39 is 12.0 Å². The van der Waals surface area contributed by atoms with Gasteiger partial charge in [0, 0.05) is 19.0 Å². The standard InChI is InChI=1S/C16H29N3O4.ClH/c1-4-11(3)14(17)16(22)19-8-6-12(7-9-19)15(21)18-10-13(20)23-5-2;/h11-12,14H,4-10,17H2,1-3H3,(H,18,21);1H. The number of piperidine rings is 1. The van der Waals surface area contributed by atoms with Gasteiger partial charge in [-0.3, -0.25) is 14.4 Å². The fourth-order valence-corrected chi connectivity index (χ4v) is 2.59. The molecule has 1 rings (SSSR count). The maximum absolute atomic E-state index is 12.3. The first-order valence-electron chi connectivity index (χ1n) is 8.38. The molecule has 1 heterocycles. The largest absolute Gasteiger partial charge is 0.465 e. The number of nitrogens with two attached hydrogens (primary N) is 1. The molecular formula is C16H30ClN3O4. The molecule has 1 fully saturated rings. The van der Waals surface area contributed by atoms with Gasteiger partial charge in [0.05, 0.1) is 12.6 Å². The van der Waals surface area contributed by atoms with Gasteiger partial charge in [0.25, 0.3) is 0 Å². The highest BCUT2D eigenvalue weighted by atomic mass is 35.5. The third kappa shape index (κ3) is 6.65. The van der Waals surface area contributed by atoms with Crippen molar-refractivity contribution in [2.45, 2.75) is 46.1 Å². The van der Waals surface area contributed by atoms with Crippen LogP contribution in [0.4, 0.5) is 0 Å². The number of rotatable bonds is 7. The lowest BCUT2D eigenvalue weighted by Gasteiger charge is -2.34. The van der Waals surface area contributed by atoms with Gasteiger partial charge in [-0.25, -0.2) is 0 Å². The summed E-state index contributed by atoms with van der Waals surface area (Å²) in [5, 5.41) is 2.59. The zero-order valence-electron chi connectivity index (χ0n) is 14.7. The number of ether oxygens (including phenoxy) is 1. The van der Waals surface area contributed by atoms with Crippen molar-refractivity contribution in [2.75, 3.05) is 26.2 Å². The topological polar surface area (TPSA) is 102 Å². The zero-order valence-corrected chi connectivity index (χ0v) is 15.6. The van der Waals surface area contributed by atoms with Crippen molar-refractivity contribution in [3.05, 3.63) is 0 Å². The smallest absolute Gasteiger partial charge is 0.325 e. The van der Waals surface area contributed by atoms with Crippen LogP contribution in [0.15, 0.2) is 0 Å². The molecule has 0 aromatic rings. The second kappa shape index (κ2) is 11.3. The van der Waals surface area contributed by atoms with Gasteiger partial charge in [0.15, 0.2) is 0 Å². The van der Waals surface area contributed by atoms with Crippen LogP contribution in [-0.2, 0) is 19.1 Å². The number of amides is 2. The molecule has 1 aliphatic heterocycles. The van der Waals surface area contributed by atoms with E-state index in [2.05, 4.69) is 5.32 Å². The van der Waals surface area contributed by atoms with Crippen LogP contribution in [0, 0.1) is 11.8 Å². The van der Waals surface area contributed by atoms with Crippen LogP contribution in [0.2, 0.25) is 0 Å². The molecule has 0 saturated carbocycles. The van der Waals surface area contributed by atoms with Crippen LogP contribution >= 0.6 is 12.4 Å². The highest BCUT2D eigenvalue weighted by molar-refractivity contribution is 5.85. The lowest BCUT2D eigenvalue weighted by Crippen LogP contribution is -2.51. The SMILES string of the molecule is CCOC(=O)CNC(=O)C1CCN(C(=O)C(N)C(C)CC)CC1.Cl. The summed E-state index contributed by atoms with van der Waals surface area (Å²) in [4.78, 5) is 37.3. The summed E-state index contributed by atoms with van der Waals surface area (Å²) in [6.45, 7) is 6.95. The fraction of sp³-hybridized carbons (Fsp3) is 0.812. The van der Waals surface area contributed by atoms with Crippen molar-refractivity contribution in [3.8, 4) is 0 Å². The molecule has 0 bridgehead atoms. The van der Waals surface area contributed by atoms with Gasteiger partial charge < -0.3 is 20.7 Å². The third-order valence-electron chi connectivity index (χ3n) is 4.43. The van der Waals surface area contributed by atoms with Crippen molar-refractivity contribution in [1.82, 2.24) is 10.2 Å². The van der Waals surface area contributed by atoms with Crippen molar-refractivity contribution in [3.63, 3.8) is 0 Å². The van der Waals surface area contributed by atoms with Crippen molar-refractivity contribution >= 4 is 30.2 Å². The molecule has 0 aromatic heterocycles. The molecular weight excluding hydrogens is 334 g/mol. The van der Waals surface area contributed by atoms with E-state index in [1.807, 2.05) is 13.8 Å². The molecule has 0 radical (unpaired) electrons. The molecule has 0 aromatic carbocycles. The predicted octanol–water partition coefficient (Wildman–Crippen LogP) is 0.700. The van der Waals surface area contributed by atoms with Gasteiger partial charge >= 0.3 is 5.97 Å². The molecule has 8 heteroatoms. The third-order valence-corrected chi connectivity index (χ3v) is 4.43. The Morgan fingerprint density at radius 2 is 1.83 bits per heavy atom. The minimum absolute atomic E-state index is 0. The van der Waals surface area contributed by atoms with E-state index in [0.29, 0.717) is 32.5 Å². The number of hydrogen-bond donors (Lipinski definition) is 2. The number of carbonyl (C=O) groups excluding carboxylic acids is 3. The Balaban J connectivity index is 0.00000529. The van der Waals surface area contributed by atoms with Crippen LogP contribution in [-0.4, -0.2) is 55.0 Å². The van der Waals surface area contributed by atoms with E-state index in [9.17, 15) is 14.4 Å². The van der Waals surface area contributed by atoms with Gasteiger partial charge in [0.1, 0.15) is 6.54 Å². The first kappa shape index (κ1) is 22.7.